The number of carbonyl (C=O) groups is 1. The van der Waals surface area contributed by atoms with E-state index in [1.54, 1.807) is 24.3 Å². The zero-order valence-electron chi connectivity index (χ0n) is 14.1. The molecule has 0 saturated heterocycles. The van der Waals surface area contributed by atoms with E-state index in [9.17, 15) is 14.0 Å². The maximum absolute atomic E-state index is 13.7. The molecular weight excluding hydrogens is 337 g/mol. The Hall–Kier alpha value is -3.35. The van der Waals surface area contributed by atoms with Gasteiger partial charge in [-0.05, 0) is 30.7 Å². The maximum Gasteiger partial charge on any atom is 0.362 e. The summed E-state index contributed by atoms with van der Waals surface area (Å²) in [4.78, 5) is 24.6. The molecule has 3 rings (SSSR count). The van der Waals surface area contributed by atoms with Gasteiger partial charge in [0.05, 0.1) is 11.4 Å². The smallest absolute Gasteiger partial charge is 0.362 e. The number of carbonyl (C=O) groups excluding carboxylic acids is 1. The van der Waals surface area contributed by atoms with Crippen LogP contribution < -0.4 is 21.6 Å². The summed E-state index contributed by atoms with van der Waals surface area (Å²) in [5.74, 6) is -0.572. The summed E-state index contributed by atoms with van der Waals surface area (Å²) in [7, 11) is 0. The van der Waals surface area contributed by atoms with E-state index < -0.39 is 17.5 Å². The second kappa shape index (κ2) is 7.69. The molecule has 2 aromatic carbocycles. The molecule has 0 radical (unpaired) electrons. The second-order valence-corrected chi connectivity index (χ2v) is 5.62. The van der Waals surface area contributed by atoms with E-state index in [1.807, 2.05) is 13.0 Å². The summed E-state index contributed by atoms with van der Waals surface area (Å²) >= 11 is 0. The third-order valence-corrected chi connectivity index (χ3v) is 3.73. The molecule has 0 fully saturated rings. The number of hydrogen-bond acceptors (Lipinski definition) is 4. The lowest BCUT2D eigenvalue weighted by Crippen LogP contribution is -2.25. The molecule has 6 nitrogen and oxygen atoms in total. The monoisotopic (exact) mass is 355 g/mol. The van der Waals surface area contributed by atoms with E-state index in [0.29, 0.717) is 23.2 Å². The van der Waals surface area contributed by atoms with E-state index in [-0.39, 0.29) is 11.4 Å². The van der Waals surface area contributed by atoms with Crippen LogP contribution >= 0.6 is 0 Å². The van der Waals surface area contributed by atoms with Gasteiger partial charge in [-0.2, -0.15) is 0 Å². The van der Waals surface area contributed by atoms with E-state index in [1.165, 1.54) is 18.2 Å². The lowest BCUT2D eigenvalue weighted by Gasteiger charge is -2.14. The number of rotatable bonds is 5. The first-order valence-electron chi connectivity index (χ1n) is 8.22. The summed E-state index contributed by atoms with van der Waals surface area (Å²) < 4.78 is 19.0. The zero-order valence-corrected chi connectivity index (χ0v) is 14.1. The first-order chi connectivity index (χ1) is 12.6. The molecule has 0 saturated carbocycles. The maximum atomic E-state index is 13.7. The summed E-state index contributed by atoms with van der Waals surface area (Å²) in [6.07, 6.45) is 0.829. The number of urea groups is 1. The van der Waals surface area contributed by atoms with Crippen molar-refractivity contribution in [3.63, 3.8) is 0 Å². The number of nitrogens with one attached hydrogen (secondary N) is 3. The number of para-hydroxylation sites is 2. The van der Waals surface area contributed by atoms with Gasteiger partial charge in [-0.15, -0.1) is 0 Å². The molecule has 0 bridgehead atoms. The number of hydrogen-bond donors (Lipinski definition) is 3. The highest BCUT2D eigenvalue weighted by molar-refractivity contribution is 6.05. The van der Waals surface area contributed by atoms with Crippen molar-refractivity contribution in [2.45, 2.75) is 13.3 Å². The largest absolute Gasteiger partial charge is 0.421 e. The number of fused-ring (bicyclic) bond motifs is 1. The summed E-state index contributed by atoms with van der Waals surface area (Å²) in [5.41, 5.74) is 0.189. The third-order valence-electron chi connectivity index (χ3n) is 3.73. The Morgan fingerprint density at radius 2 is 1.77 bits per heavy atom. The van der Waals surface area contributed by atoms with Crippen LogP contribution in [0.5, 0.6) is 0 Å². The minimum Gasteiger partial charge on any atom is -0.421 e. The highest BCUT2D eigenvalue weighted by Crippen LogP contribution is 2.28. The van der Waals surface area contributed by atoms with Gasteiger partial charge < -0.3 is 15.1 Å². The van der Waals surface area contributed by atoms with Crippen LogP contribution in [0, 0.1) is 5.82 Å². The van der Waals surface area contributed by atoms with E-state index in [4.69, 9.17) is 4.42 Å². The van der Waals surface area contributed by atoms with Gasteiger partial charge in [-0.3, -0.25) is 5.32 Å². The Bertz CT molecular complexity index is 1000. The van der Waals surface area contributed by atoms with Crippen LogP contribution in [0.3, 0.4) is 0 Å². The van der Waals surface area contributed by atoms with Gasteiger partial charge in [0.25, 0.3) is 0 Å². The van der Waals surface area contributed by atoms with E-state index in [0.717, 1.165) is 6.42 Å². The fourth-order valence-corrected chi connectivity index (χ4v) is 2.53. The van der Waals surface area contributed by atoms with Gasteiger partial charge in [0.2, 0.25) is 0 Å². The topological polar surface area (TPSA) is 83.4 Å². The zero-order chi connectivity index (χ0) is 18.5. The van der Waals surface area contributed by atoms with Gasteiger partial charge >= 0.3 is 11.7 Å². The van der Waals surface area contributed by atoms with E-state index >= 15 is 0 Å². The number of anilines is 3. The van der Waals surface area contributed by atoms with Gasteiger partial charge in [-0.25, -0.2) is 14.0 Å². The van der Waals surface area contributed by atoms with Crippen LogP contribution in [0.1, 0.15) is 13.3 Å². The molecule has 0 aliphatic heterocycles. The van der Waals surface area contributed by atoms with Crippen LogP contribution in [0.25, 0.3) is 11.0 Å². The molecule has 0 aliphatic rings. The number of halogens is 1. The molecule has 7 heteroatoms. The first-order valence-corrected chi connectivity index (χ1v) is 8.22. The minimum absolute atomic E-state index is 0.0123. The molecule has 0 atom stereocenters. The average molecular weight is 355 g/mol. The molecule has 0 unspecified atom stereocenters. The van der Waals surface area contributed by atoms with Crippen LogP contribution in [-0.2, 0) is 0 Å². The minimum atomic E-state index is -0.739. The van der Waals surface area contributed by atoms with Crippen molar-refractivity contribution >= 4 is 34.1 Å². The van der Waals surface area contributed by atoms with Crippen molar-refractivity contribution in [1.29, 1.82) is 0 Å². The predicted molar refractivity (Wildman–Crippen MR) is 100 cm³/mol. The fraction of sp³-hybridized carbons (Fsp3) is 0.158. The summed E-state index contributed by atoms with van der Waals surface area (Å²) in [6.45, 7) is 2.59. The van der Waals surface area contributed by atoms with Gasteiger partial charge in [-0.1, -0.05) is 31.2 Å². The predicted octanol–water partition coefficient (Wildman–Crippen LogP) is 4.40. The van der Waals surface area contributed by atoms with Crippen LogP contribution in [0.2, 0.25) is 0 Å². The molecule has 3 N–H and O–H groups in total. The average Bonchev–Trinajstić information content (AvgIpc) is 2.63. The van der Waals surface area contributed by atoms with Crippen molar-refractivity contribution in [2.24, 2.45) is 0 Å². The number of benzene rings is 2. The molecular formula is C19H18FN3O3. The highest BCUT2D eigenvalue weighted by Gasteiger charge is 2.17. The quantitative estimate of drug-likeness (QED) is 0.593. The third kappa shape index (κ3) is 3.66. The second-order valence-electron chi connectivity index (χ2n) is 5.62. The highest BCUT2D eigenvalue weighted by atomic mass is 19.1. The van der Waals surface area contributed by atoms with Crippen molar-refractivity contribution in [3.05, 3.63) is 64.8 Å². The van der Waals surface area contributed by atoms with Crippen molar-refractivity contribution in [2.75, 3.05) is 22.5 Å². The lowest BCUT2D eigenvalue weighted by atomic mass is 10.2. The van der Waals surface area contributed by atoms with Gasteiger partial charge in [0.15, 0.2) is 5.69 Å². The molecule has 134 valence electrons. The van der Waals surface area contributed by atoms with Crippen LogP contribution in [0.4, 0.5) is 26.2 Å². The lowest BCUT2D eigenvalue weighted by molar-refractivity contribution is 0.262. The fourth-order valence-electron chi connectivity index (χ4n) is 2.53. The molecule has 0 aliphatic carbocycles. The Balaban J connectivity index is 1.95. The standard InChI is InChI=1S/C19H18FN3O3/c1-2-11-21-16-12-7-3-6-10-15(12)26-18(24)17(16)23-19(25)22-14-9-5-4-8-13(14)20/h3-10,21H,2,11H2,1H3,(H2,22,23,25). The Kier molecular flexibility index (Phi) is 5.17. The SMILES string of the molecule is CCCNc1c(NC(=O)Nc2ccccc2F)c(=O)oc2ccccc12. The normalized spacial score (nSPS) is 10.5. The van der Waals surface area contributed by atoms with E-state index in [2.05, 4.69) is 16.0 Å². The number of amides is 2. The summed E-state index contributed by atoms with van der Waals surface area (Å²) in [6, 6.07) is 12.1. The van der Waals surface area contributed by atoms with Gasteiger partial charge in [0.1, 0.15) is 11.4 Å². The van der Waals surface area contributed by atoms with Crippen LogP contribution in [-0.4, -0.2) is 12.6 Å². The van der Waals surface area contributed by atoms with Gasteiger partial charge in [0, 0.05) is 11.9 Å². The van der Waals surface area contributed by atoms with Crippen molar-refractivity contribution < 1.29 is 13.6 Å². The molecule has 3 aromatic rings. The van der Waals surface area contributed by atoms with Crippen molar-refractivity contribution in [3.8, 4) is 0 Å². The molecule has 2 amide bonds. The Labute approximate surface area is 149 Å². The molecule has 1 aromatic heterocycles. The Morgan fingerprint density at radius 1 is 1.04 bits per heavy atom. The molecule has 26 heavy (non-hydrogen) atoms. The summed E-state index contributed by atoms with van der Waals surface area (Å²) in [5, 5.41) is 8.67. The first kappa shape index (κ1) is 17.5. The van der Waals surface area contributed by atoms with Crippen molar-refractivity contribution in [1.82, 2.24) is 0 Å². The Morgan fingerprint density at radius 3 is 2.54 bits per heavy atom. The molecule has 0 spiro atoms. The molecule has 1 heterocycles. The van der Waals surface area contributed by atoms with Crippen LogP contribution in [0.15, 0.2) is 57.7 Å².